The van der Waals surface area contributed by atoms with Crippen molar-refractivity contribution in [2.24, 2.45) is 0 Å². The average Bonchev–Trinajstić information content (AvgIpc) is 2.53. The number of carbonyl (C=O) groups is 1. The third kappa shape index (κ3) is 3.63. The minimum absolute atomic E-state index is 0.340. The summed E-state index contributed by atoms with van der Waals surface area (Å²) in [5, 5.41) is 10.9. The summed E-state index contributed by atoms with van der Waals surface area (Å²) in [4.78, 5) is 11.7. The van der Waals surface area contributed by atoms with Crippen LogP contribution in [-0.2, 0) is 11.2 Å². The van der Waals surface area contributed by atoms with Crippen LogP contribution in [0.1, 0.15) is 0 Å². The molecular formula is C15H15NO5S. The van der Waals surface area contributed by atoms with E-state index in [9.17, 15) is 9.35 Å². The van der Waals surface area contributed by atoms with Crippen molar-refractivity contribution in [1.82, 2.24) is 0 Å². The van der Waals surface area contributed by atoms with E-state index in [1.165, 1.54) is 26.4 Å². The van der Waals surface area contributed by atoms with Gasteiger partial charge in [-0.25, -0.2) is 4.79 Å². The fourth-order valence-corrected chi connectivity index (χ4v) is 3.06. The van der Waals surface area contributed by atoms with Crippen molar-refractivity contribution in [2.75, 3.05) is 19.5 Å². The molecule has 0 aliphatic heterocycles. The van der Waals surface area contributed by atoms with Gasteiger partial charge < -0.3 is 19.1 Å². The number of carboxylic acid groups (broad SMARTS) is 1. The van der Waals surface area contributed by atoms with Gasteiger partial charge >= 0.3 is 6.09 Å². The maximum Gasteiger partial charge on any atom is 0.409 e. The standard InChI is InChI=1S/C15H15NO5S/c1-20-11-4-3-5-12(9-11)22(19)14-7-6-10(16-15(17)18)8-13(14)21-2/h3-9,16H,1-2H3,(H,17,18). The van der Waals surface area contributed by atoms with Crippen LogP contribution < -0.4 is 14.8 Å². The Kier molecular flexibility index (Phi) is 5.13. The molecule has 2 aromatic rings. The highest BCUT2D eigenvalue weighted by molar-refractivity contribution is 7.91. The summed E-state index contributed by atoms with van der Waals surface area (Å²) in [6, 6.07) is 11.5. The van der Waals surface area contributed by atoms with Gasteiger partial charge in [0.1, 0.15) is 5.75 Å². The van der Waals surface area contributed by atoms with Crippen molar-refractivity contribution >= 4 is 23.0 Å². The van der Waals surface area contributed by atoms with Gasteiger partial charge in [-0.3, -0.25) is 5.32 Å². The predicted molar refractivity (Wildman–Crippen MR) is 82.3 cm³/mol. The summed E-state index contributed by atoms with van der Waals surface area (Å²) in [7, 11) is 2.97. The SMILES string of the molecule is COc1cccc([S+]([O-])c2ccc(NC(=O)O)cc2OC)c1. The van der Waals surface area contributed by atoms with Crippen molar-refractivity contribution in [3.05, 3.63) is 42.5 Å². The van der Waals surface area contributed by atoms with Crippen LogP contribution in [0.4, 0.5) is 10.5 Å². The lowest BCUT2D eigenvalue weighted by molar-refractivity contribution is 0.209. The highest BCUT2D eigenvalue weighted by Crippen LogP contribution is 2.32. The zero-order valence-electron chi connectivity index (χ0n) is 12.0. The Balaban J connectivity index is 2.35. The maximum atomic E-state index is 12.7. The Hall–Kier alpha value is -2.38. The molecule has 1 amide bonds. The van der Waals surface area contributed by atoms with Crippen LogP contribution in [-0.4, -0.2) is 30.0 Å². The van der Waals surface area contributed by atoms with Crippen molar-refractivity contribution in [3.8, 4) is 11.5 Å². The largest absolute Gasteiger partial charge is 0.606 e. The van der Waals surface area contributed by atoms with E-state index in [4.69, 9.17) is 14.6 Å². The molecule has 0 saturated carbocycles. The number of anilines is 1. The molecule has 6 nitrogen and oxygen atoms in total. The molecule has 1 unspecified atom stereocenters. The summed E-state index contributed by atoms with van der Waals surface area (Å²) in [5.41, 5.74) is 0.343. The van der Waals surface area contributed by atoms with Gasteiger partial charge in [0.15, 0.2) is 15.5 Å². The number of nitrogens with one attached hydrogen (secondary N) is 1. The highest BCUT2D eigenvalue weighted by atomic mass is 32.2. The van der Waals surface area contributed by atoms with Gasteiger partial charge in [-0.1, -0.05) is 6.07 Å². The fourth-order valence-electron chi connectivity index (χ4n) is 1.87. The van der Waals surface area contributed by atoms with E-state index in [1.54, 1.807) is 30.3 Å². The van der Waals surface area contributed by atoms with E-state index >= 15 is 0 Å². The summed E-state index contributed by atoms with van der Waals surface area (Å²) >= 11 is -1.47. The van der Waals surface area contributed by atoms with Crippen molar-refractivity contribution in [3.63, 3.8) is 0 Å². The van der Waals surface area contributed by atoms with Gasteiger partial charge in [-0.2, -0.15) is 0 Å². The average molecular weight is 321 g/mol. The summed E-state index contributed by atoms with van der Waals surface area (Å²) in [5.74, 6) is 0.946. The summed E-state index contributed by atoms with van der Waals surface area (Å²) in [6.45, 7) is 0. The minimum atomic E-state index is -1.47. The molecule has 0 bridgehead atoms. The lowest BCUT2D eigenvalue weighted by Crippen LogP contribution is -2.09. The maximum absolute atomic E-state index is 12.7. The van der Waals surface area contributed by atoms with Gasteiger partial charge in [-0.05, 0) is 24.3 Å². The Morgan fingerprint density at radius 3 is 2.59 bits per heavy atom. The number of benzene rings is 2. The molecule has 0 radical (unpaired) electrons. The first-order valence-corrected chi connectivity index (χ1v) is 7.44. The second kappa shape index (κ2) is 7.06. The minimum Gasteiger partial charge on any atom is -0.606 e. The van der Waals surface area contributed by atoms with Crippen LogP contribution in [0, 0.1) is 0 Å². The van der Waals surface area contributed by atoms with Crippen molar-refractivity contribution < 1.29 is 23.9 Å². The molecular weight excluding hydrogens is 306 g/mol. The zero-order chi connectivity index (χ0) is 16.1. The van der Waals surface area contributed by atoms with Crippen molar-refractivity contribution in [1.29, 1.82) is 0 Å². The molecule has 2 N–H and O–H groups in total. The molecule has 22 heavy (non-hydrogen) atoms. The smallest absolute Gasteiger partial charge is 0.409 e. The van der Waals surface area contributed by atoms with Crippen LogP contribution in [0.2, 0.25) is 0 Å². The number of hydrogen-bond donors (Lipinski definition) is 2. The van der Waals surface area contributed by atoms with E-state index in [-0.39, 0.29) is 0 Å². The Bertz CT molecular complexity index is 677. The van der Waals surface area contributed by atoms with E-state index in [2.05, 4.69) is 5.32 Å². The van der Waals surface area contributed by atoms with E-state index in [0.29, 0.717) is 27.0 Å². The molecule has 0 spiro atoms. The lowest BCUT2D eigenvalue weighted by Gasteiger charge is -2.14. The molecule has 0 fully saturated rings. The van der Waals surface area contributed by atoms with Crippen LogP contribution >= 0.6 is 0 Å². The molecule has 1 atom stereocenters. The molecule has 0 aromatic heterocycles. The molecule has 0 aliphatic carbocycles. The third-order valence-electron chi connectivity index (χ3n) is 2.87. The summed E-state index contributed by atoms with van der Waals surface area (Å²) in [6.07, 6.45) is -1.18. The Labute approximate surface area is 130 Å². The summed E-state index contributed by atoms with van der Waals surface area (Å²) < 4.78 is 23.0. The topological polar surface area (TPSA) is 90.9 Å². The van der Waals surface area contributed by atoms with Gasteiger partial charge in [0.2, 0.25) is 0 Å². The quantitative estimate of drug-likeness (QED) is 0.826. The number of hydrogen-bond acceptors (Lipinski definition) is 4. The van der Waals surface area contributed by atoms with E-state index in [1.807, 2.05) is 0 Å². The van der Waals surface area contributed by atoms with Crippen molar-refractivity contribution in [2.45, 2.75) is 9.79 Å². The van der Waals surface area contributed by atoms with Gasteiger partial charge in [0, 0.05) is 29.0 Å². The second-order valence-electron chi connectivity index (χ2n) is 4.24. The molecule has 2 rings (SSSR count). The molecule has 0 saturated heterocycles. The first-order chi connectivity index (χ1) is 10.5. The number of amides is 1. The van der Waals surface area contributed by atoms with Crippen LogP contribution in [0.25, 0.3) is 0 Å². The monoisotopic (exact) mass is 321 g/mol. The highest BCUT2D eigenvalue weighted by Gasteiger charge is 2.21. The van der Waals surface area contributed by atoms with Gasteiger partial charge in [-0.15, -0.1) is 0 Å². The first kappa shape index (κ1) is 16.0. The molecule has 0 aliphatic rings. The normalized spacial score (nSPS) is 11.6. The van der Waals surface area contributed by atoms with Crippen LogP contribution in [0.15, 0.2) is 52.3 Å². The van der Waals surface area contributed by atoms with Gasteiger partial charge in [0.05, 0.1) is 14.2 Å². The van der Waals surface area contributed by atoms with Crippen LogP contribution in [0.5, 0.6) is 11.5 Å². The zero-order valence-corrected chi connectivity index (χ0v) is 12.8. The first-order valence-electron chi connectivity index (χ1n) is 6.29. The predicted octanol–water partition coefficient (Wildman–Crippen LogP) is 2.96. The fraction of sp³-hybridized carbons (Fsp3) is 0.133. The molecule has 0 heterocycles. The Morgan fingerprint density at radius 2 is 1.95 bits per heavy atom. The number of rotatable bonds is 5. The number of methoxy groups -OCH3 is 2. The van der Waals surface area contributed by atoms with E-state index in [0.717, 1.165) is 0 Å². The van der Waals surface area contributed by atoms with Crippen LogP contribution in [0.3, 0.4) is 0 Å². The lowest BCUT2D eigenvalue weighted by atomic mass is 10.3. The number of ether oxygens (including phenoxy) is 2. The van der Waals surface area contributed by atoms with E-state index < -0.39 is 17.3 Å². The molecule has 2 aromatic carbocycles. The van der Waals surface area contributed by atoms with Gasteiger partial charge in [0.25, 0.3) is 0 Å². The molecule has 116 valence electrons. The Morgan fingerprint density at radius 1 is 1.18 bits per heavy atom. The molecule has 7 heteroatoms. The third-order valence-corrected chi connectivity index (χ3v) is 4.29. The second-order valence-corrected chi connectivity index (χ2v) is 5.69.